The van der Waals surface area contributed by atoms with E-state index < -0.39 is 29.1 Å². The molecule has 0 aliphatic heterocycles. The van der Waals surface area contributed by atoms with E-state index in [1.807, 2.05) is 0 Å². The van der Waals surface area contributed by atoms with Gasteiger partial charge in [0.25, 0.3) is 5.91 Å². The molecule has 2 aliphatic carbocycles. The molecule has 1 unspecified atom stereocenters. The Morgan fingerprint density at radius 1 is 0.968 bits per heavy atom. The smallest absolute Gasteiger partial charge is 0.348 e. The summed E-state index contributed by atoms with van der Waals surface area (Å²) in [5, 5.41) is 46.2. The van der Waals surface area contributed by atoms with E-state index in [2.05, 4.69) is 11.4 Å². The number of halogens is 3. The Morgan fingerprint density at radius 2 is 1.52 bits per heavy atom. The topological polar surface area (TPSA) is 96.2 Å². The predicted octanol–water partition coefficient (Wildman–Crippen LogP) is 2.85. The fourth-order valence-electron chi connectivity index (χ4n) is 4.33. The summed E-state index contributed by atoms with van der Waals surface area (Å²) in [7, 11) is 0. The van der Waals surface area contributed by atoms with Crippen molar-refractivity contribution in [2.24, 2.45) is 10.8 Å². The SMILES string of the molecule is CC1(C(O)(O)N(c2cc[c-]cc2)C(O)(O)Nc2ccc(C(F)(F)F)cc2)CC12CC2.[Y]. The molecule has 5 N–H and O–H groups in total. The maximum Gasteiger partial charge on any atom is 0.416 e. The van der Waals surface area contributed by atoms with Gasteiger partial charge in [-0.1, -0.05) is 12.6 Å². The number of nitrogens with one attached hydrogen (secondary N) is 1. The normalized spacial score (nSPS) is 21.9. The Bertz CT molecular complexity index is 934. The molecular formula is C21H22F3N2O4Y-. The quantitative estimate of drug-likeness (QED) is 0.302. The Morgan fingerprint density at radius 3 is 1.97 bits per heavy atom. The minimum Gasteiger partial charge on any atom is -0.348 e. The first kappa shape index (κ1) is 24.4. The van der Waals surface area contributed by atoms with E-state index in [-0.39, 0.29) is 49.5 Å². The zero-order valence-corrected chi connectivity index (χ0v) is 19.5. The third kappa shape index (κ3) is 4.12. The minimum absolute atomic E-state index is 0. The Kier molecular flexibility index (Phi) is 6.05. The standard InChI is InChI=1S/C21H22F3N2O4.Y/c1-17(13-18(17)11-12-18)20(27,28)26(16-5-3-2-4-6-16)21(29,30)25-15-9-7-14(8-10-15)19(22,23)24;/h3-10,25,27-30H,11-13H2,1H3;/q-1;. The molecule has 0 saturated heterocycles. The molecule has 4 rings (SSSR count). The van der Waals surface area contributed by atoms with Crippen LogP contribution in [0.1, 0.15) is 31.7 Å². The molecular weight excluding hydrogens is 490 g/mol. The van der Waals surface area contributed by atoms with Gasteiger partial charge in [0.15, 0.2) is 0 Å². The molecule has 2 fully saturated rings. The number of benzene rings is 2. The molecule has 2 aromatic rings. The zero-order valence-electron chi connectivity index (χ0n) is 16.7. The second kappa shape index (κ2) is 7.68. The molecule has 2 aromatic carbocycles. The van der Waals surface area contributed by atoms with Crippen molar-refractivity contribution in [1.29, 1.82) is 0 Å². The molecule has 1 atom stereocenters. The first-order chi connectivity index (χ1) is 13.8. The van der Waals surface area contributed by atoms with Gasteiger partial charge < -0.3 is 25.7 Å². The van der Waals surface area contributed by atoms with Gasteiger partial charge in [-0.2, -0.15) is 31.4 Å². The molecule has 0 bridgehead atoms. The van der Waals surface area contributed by atoms with Crippen molar-refractivity contribution < 1.29 is 66.3 Å². The molecule has 1 radical (unpaired) electrons. The van der Waals surface area contributed by atoms with Crippen LogP contribution in [0.4, 0.5) is 24.5 Å². The fraction of sp³-hybridized carbons (Fsp3) is 0.429. The second-order valence-electron chi connectivity index (χ2n) is 8.35. The molecule has 31 heavy (non-hydrogen) atoms. The van der Waals surface area contributed by atoms with Crippen molar-refractivity contribution >= 4 is 11.4 Å². The largest absolute Gasteiger partial charge is 0.416 e. The number of nitrogens with zero attached hydrogens (tertiary/aromatic N) is 1. The van der Waals surface area contributed by atoms with Crippen LogP contribution in [0.3, 0.4) is 0 Å². The Balaban J connectivity index is 0.00000272. The molecule has 0 amide bonds. The van der Waals surface area contributed by atoms with Crippen LogP contribution in [-0.2, 0) is 38.9 Å². The van der Waals surface area contributed by atoms with Gasteiger partial charge in [0.2, 0.25) is 0 Å². The summed E-state index contributed by atoms with van der Waals surface area (Å²) in [4.78, 5) is 0.624. The summed E-state index contributed by atoms with van der Waals surface area (Å²) in [5.41, 5.74) is -2.16. The summed E-state index contributed by atoms with van der Waals surface area (Å²) < 4.78 is 38.4. The average molecular weight is 512 g/mol. The van der Waals surface area contributed by atoms with Crippen molar-refractivity contribution in [3.05, 3.63) is 60.2 Å². The van der Waals surface area contributed by atoms with E-state index in [1.165, 1.54) is 24.3 Å². The van der Waals surface area contributed by atoms with Gasteiger partial charge >= 0.3 is 12.2 Å². The van der Waals surface area contributed by atoms with Crippen molar-refractivity contribution in [1.82, 2.24) is 0 Å². The van der Waals surface area contributed by atoms with Crippen LogP contribution in [0, 0.1) is 16.9 Å². The van der Waals surface area contributed by atoms with E-state index in [1.54, 1.807) is 6.92 Å². The summed E-state index contributed by atoms with van der Waals surface area (Å²) in [6.07, 6.45) is -2.43. The van der Waals surface area contributed by atoms with E-state index in [0.717, 1.165) is 37.1 Å². The third-order valence-electron chi connectivity index (χ3n) is 6.44. The van der Waals surface area contributed by atoms with Crippen molar-refractivity contribution in [3.63, 3.8) is 0 Å². The van der Waals surface area contributed by atoms with Crippen LogP contribution in [0.15, 0.2) is 48.5 Å². The molecule has 2 aliphatic rings. The molecule has 10 heteroatoms. The maximum atomic E-state index is 12.8. The Hall–Kier alpha value is -1.23. The number of rotatable bonds is 6. The average Bonchev–Trinajstić information content (AvgIpc) is 3.53. The third-order valence-corrected chi connectivity index (χ3v) is 6.44. The van der Waals surface area contributed by atoms with Crippen LogP contribution < -0.4 is 10.2 Å². The van der Waals surface area contributed by atoms with Crippen molar-refractivity contribution in [2.45, 2.75) is 44.3 Å². The van der Waals surface area contributed by atoms with Gasteiger partial charge in [-0.05, 0) is 48.9 Å². The van der Waals surface area contributed by atoms with Crippen LogP contribution in [0.2, 0.25) is 0 Å². The number of aliphatic hydroxyl groups is 4. The molecule has 1 spiro atoms. The van der Waals surface area contributed by atoms with Gasteiger partial charge in [-0.15, -0.1) is 12.1 Å². The van der Waals surface area contributed by atoms with E-state index in [0.29, 0.717) is 11.3 Å². The molecule has 165 valence electrons. The number of hydrogen-bond acceptors (Lipinski definition) is 6. The second-order valence-corrected chi connectivity index (χ2v) is 8.35. The molecule has 2 saturated carbocycles. The monoisotopic (exact) mass is 512 g/mol. The van der Waals surface area contributed by atoms with E-state index >= 15 is 0 Å². The van der Waals surface area contributed by atoms with E-state index in [9.17, 15) is 33.6 Å². The predicted molar refractivity (Wildman–Crippen MR) is 102 cm³/mol. The summed E-state index contributed by atoms with van der Waals surface area (Å²) in [5.74, 6) is -2.66. The molecule has 6 nitrogen and oxygen atoms in total. The number of alkyl halides is 3. The fourth-order valence-corrected chi connectivity index (χ4v) is 4.33. The summed E-state index contributed by atoms with van der Waals surface area (Å²) >= 11 is 0. The Labute approximate surface area is 202 Å². The van der Waals surface area contributed by atoms with Crippen LogP contribution in [0.25, 0.3) is 0 Å². The van der Waals surface area contributed by atoms with E-state index in [4.69, 9.17) is 0 Å². The van der Waals surface area contributed by atoms with Crippen LogP contribution in [0.5, 0.6) is 0 Å². The summed E-state index contributed by atoms with van der Waals surface area (Å²) in [6, 6.07) is 9.12. The van der Waals surface area contributed by atoms with Crippen molar-refractivity contribution in [2.75, 3.05) is 10.2 Å². The number of hydrogen-bond donors (Lipinski definition) is 5. The van der Waals surface area contributed by atoms with Gasteiger partial charge in [-0.25, -0.2) is 0 Å². The molecule has 0 heterocycles. The van der Waals surface area contributed by atoms with Gasteiger partial charge in [0.1, 0.15) is 0 Å². The maximum absolute atomic E-state index is 12.8. The van der Waals surface area contributed by atoms with Crippen LogP contribution >= 0.6 is 0 Å². The summed E-state index contributed by atoms with van der Waals surface area (Å²) in [6.45, 7) is 1.66. The first-order valence-electron chi connectivity index (χ1n) is 9.44. The number of anilines is 2. The first-order valence-corrected chi connectivity index (χ1v) is 9.44. The minimum atomic E-state index is -4.54. The van der Waals surface area contributed by atoms with Crippen LogP contribution in [-0.4, -0.2) is 32.4 Å². The van der Waals surface area contributed by atoms with Gasteiger partial charge in [-0.3, -0.25) is 4.90 Å². The molecule has 0 aromatic heterocycles. The van der Waals surface area contributed by atoms with Crippen molar-refractivity contribution in [3.8, 4) is 0 Å². The zero-order chi connectivity index (χ0) is 22.0. The van der Waals surface area contributed by atoms with Gasteiger partial charge in [0.05, 0.1) is 5.56 Å². The van der Waals surface area contributed by atoms with Gasteiger partial charge in [0, 0.05) is 43.8 Å².